The number of hydrogen-bond donors (Lipinski definition) is 1. The Labute approximate surface area is 128 Å². The van der Waals surface area contributed by atoms with Crippen molar-refractivity contribution in [2.45, 2.75) is 6.42 Å². The molecule has 0 spiro atoms. The summed E-state index contributed by atoms with van der Waals surface area (Å²) >= 11 is 0. The van der Waals surface area contributed by atoms with E-state index >= 15 is 0 Å². The quantitative estimate of drug-likeness (QED) is 0.921. The third kappa shape index (κ3) is 4.04. The van der Waals surface area contributed by atoms with Crippen LogP contribution in [-0.4, -0.2) is 26.5 Å². The van der Waals surface area contributed by atoms with Gasteiger partial charge in [0.05, 0.1) is 0 Å². The Bertz CT molecular complexity index is 671. The minimum atomic E-state index is -0.606. The molecule has 0 aromatic heterocycles. The molecular formula is C17H18F2N2O. The van der Waals surface area contributed by atoms with Gasteiger partial charge in [-0.25, -0.2) is 8.78 Å². The molecule has 5 heteroatoms. The van der Waals surface area contributed by atoms with Crippen LogP contribution in [0.3, 0.4) is 0 Å². The fourth-order valence-corrected chi connectivity index (χ4v) is 2.06. The number of rotatable bonds is 5. The van der Waals surface area contributed by atoms with E-state index in [0.717, 1.165) is 11.8 Å². The minimum Gasteiger partial charge on any atom is -0.378 e. The molecule has 2 aromatic rings. The number of nitrogens with one attached hydrogen (secondary N) is 1. The van der Waals surface area contributed by atoms with Gasteiger partial charge in [0.15, 0.2) is 0 Å². The van der Waals surface area contributed by atoms with Gasteiger partial charge in [0, 0.05) is 38.0 Å². The first kappa shape index (κ1) is 15.9. The predicted molar refractivity (Wildman–Crippen MR) is 83.2 cm³/mol. The number of benzene rings is 2. The highest BCUT2D eigenvalue weighted by molar-refractivity contribution is 5.95. The van der Waals surface area contributed by atoms with E-state index in [1.807, 2.05) is 31.1 Å². The van der Waals surface area contributed by atoms with E-state index in [1.54, 1.807) is 12.1 Å². The van der Waals surface area contributed by atoms with Gasteiger partial charge in [-0.05, 0) is 36.2 Å². The third-order valence-electron chi connectivity index (χ3n) is 3.32. The average molecular weight is 304 g/mol. The van der Waals surface area contributed by atoms with Gasteiger partial charge in [-0.1, -0.05) is 12.1 Å². The number of carbonyl (C=O) groups excluding carboxylic acids is 1. The minimum absolute atomic E-state index is 0.216. The summed E-state index contributed by atoms with van der Waals surface area (Å²) < 4.78 is 26.3. The van der Waals surface area contributed by atoms with Gasteiger partial charge in [-0.2, -0.15) is 0 Å². The van der Waals surface area contributed by atoms with Crippen molar-refractivity contribution < 1.29 is 13.6 Å². The largest absolute Gasteiger partial charge is 0.378 e. The van der Waals surface area contributed by atoms with E-state index in [4.69, 9.17) is 0 Å². The lowest BCUT2D eigenvalue weighted by molar-refractivity contribution is 0.0954. The molecule has 2 rings (SSSR count). The second kappa shape index (κ2) is 7.02. The molecule has 3 nitrogen and oxygen atoms in total. The number of halogens is 2. The van der Waals surface area contributed by atoms with Crippen LogP contribution in [0, 0.1) is 11.6 Å². The molecule has 0 aliphatic carbocycles. The fraction of sp³-hybridized carbons (Fsp3) is 0.235. The first-order valence-electron chi connectivity index (χ1n) is 6.97. The summed E-state index contributed by atoms with van der Waals surface area (Å²) in [5.41, 5.74) is 1.85. The van der Waals surface area contributed by atoms with Crippen LogP contribution in [0.1, 0.15) is 15.9 Å². The van der Waals surface area contributed by atoms with Gasteiger partial charge >= 0.3 is 0 Å². The monoisotopic (exact) mass is 304 g/mol. The zero-order valence-electron chi connectivity index (χ0n) is 12.6. The fourth-order valence-electron chi connectivity index (χ4n) is 2.06. The molecule has 0 bridgehead atoms. The molecule has 0 aliphatic rings. The lowest BCUT2D eigenvalue weighted by atomic mass is 10.1. The van der Waals surface area contributed by atoms with Crippen LogP contribution in [0.15, 0.2) is 42.5 Å². The van der Waals surface area contributed by atoms with Gasteiger partial charge in [0.2, 0.25) is 0 Å². The number of anilines is 1. The zero-order chi connectivity index (χ0) is 16.1. The molecule has 0 aliphatic heterocycles. The average Bonchev–Trinajstić information content (AvgIpc) is 2.49. The van der Waals surface area contributed by atoms with Crippen molar-refractivity contribution >= 4 is 11.6 Å². The van der Waals surface area contributed by atoms with Crippen molar-refractivity contribution in [1.82, 2.24) is 5.32 Å². The van der Waals surface area contributed by atoms with Crippen LogP contribution < -0.4 is 10.2 Å². The molecule has 2 aromatic carbocycles. The number of carbonyl (C=O) groups is 1. The van der Waals surface area contributed by atoms with Gasteiger partial charge < -0.3 is 10.2 Å². The lowest BCUT2D eigenvalue weighted by Gasteiger charge is -2.13. The third-order valence-corrected chi connectivity index (χ3v) is 3.32. The van der Waals surface area contributed by atoms with E-state index in [1.165, 1.54) is 12.1 Å². The van der Waals surface area contributed by atoms with Gasteiger partial charge in [0.1, 0.15) is 11.6 Å². The van der Waals surface area contributed by atoms with E-state index in [0.29, 0.717) is 17.5 Å². The smallest absolute Gasteiger partial charge is 0.251 e. The number of amides is 1. The molecule has 0 fully saturated rings. The molecule has 0 radical (unpaired) electrons. The summed E-state index contributed by atoms with van der Waals surface area (Å²) in [6, 6.07) is 10.7. The van der Waals surface area contributed by atoms with Crippen LogP contribution in [-0.2, 0) is 6.42 Å². The molecule has 1 amide bonds. The summed E-state index contributed by atoms with van der Waals surface area (Å²) in [5, 5.41) is 2.74. The first-order valence-corrected chi connectivity index (χ1v) is 6.97. The lowest BCUT2D eigenvalue weighted by Crippen LogP contribution is -2.26. The Kier molecular flexibility index (Phi) is 5.09. The number of nitrogens with zero attached hydrogens (tertiary/aromatic N) is 1. The van der Waals surface area contributed by atoms with Crippen molar-refractivity contribution in [3.05, 3.63) is 65.2 Å². The summed E-state index contributed by atoms with van der Waals surface area (Å²) in [7, 11) is 3.79. The second-order valence-electron chi connectivity index (χ2n) is 5.19. The Hall–Kier alpha value is -2.43. The van der Waals surface area contributed by atoms with Gasteiger partial charge in [0.25, 0.3) is 5.91 Å². The van der Waals surface area contributed by atoms with Crippen LogP contribution >= 0.6 is 0 Å². The predicted octanol–water partition coefficient (Wildman–Crippen LogP) is 3.00. The summed E-state index contributed by atoms with van der Waals surface area (Å²) in [6.07, 6.45) is 0.311. The van der Waals surface area contributed by atoms with Crippen LogP contribution in [0.4, 0.5) is 14.5 Å². The zero-order valence-corrected chi connectivity index (χ0v) is 12.6. The SMILES string of the molecule is CN(C)c1cccc(C(=O)NCCc2ccc(F)cc2F)c1. The molecule has 0 saturated heterocycles. The van der Waals surface area contributed by atoms with Crippen LogP contribution in [0.25, 0.3) is 0 Å². The standard InChI is InChI=1S/C17H18F2N2O/c1-21(2)15-5-3-4-13(10-15)17(22)20-9-8-12-6-7-14(18)11-16(12)19/h3-7,10-11H,8-9H2,1-2H3,(H,20,22). The van der Waals surface area contributed by atoms with Crippen LogP contribution in [0.2, 0.25) is 0 Å². The van der Waals surface area contributed by atoms with E-state index in [-0.39, 0.29) is 12.5 Å². The second-order valence-corrected chi connectivity index (χ2v) is 5.19. The van der Waals surface area contributed by atoms with Crippen molar-refractivity contribution in [2.24, 2.45) is 0 Å². The first-order chi connectivity index (χ1) is 10.5. The Morgan fingerprint density at radius 2 is 1.91 bits per heavy atom. The highest BCUT2D eigenvalue weighted by Gasteiger charge is 2.08. The summed E-state index contributed by atoms with van der Waals surface area (Å²) in [5.74, 6) is -1.42. The van der Waals surface area contributed by atoms with Crippen molar-refractivity contribution in [3.8, 4) is 0 Å². The molecule has 22 heavy (non-hydrogen) atoms. The highest BCUT2D eigenvalue weighted by atomic mass is 19.1. The Balaban J connectivity index is 1.94. The Morgan fingerprint density at radius 3 is 2.59 bits per heavy atom. The maximum atomic E-state index is 13.5. The summed E-state index contributed by atoms with van der Waals surface area (Å²) in [6.45, 7) is 0.285. The molecule has 1 N–H and O–H groups in total. The molecule has 116 valence electrons. The molecule has 0 heterocycles. The normalized spacial score (nSPS) is 10.4. The van der Waals surface area contributed by atoms with Crippen molar-refractivity contribution in [3.63, 3.8) is 0 Å². The summed E-state index contributed by atoms with van der Waals surface area (Å²) in [4.78, 5) is 14.0. The van der Waals surface area contributed by atoms with Gasteiger partial charge in [-0.3, -0.25) is 4.79 Å². The topological polar surface area (TPSA) is 32.3 Å². The maximum Gasteiger partial charge on any atom is 0.251 e. The number of hydrogen-bond acceptors (Lipinski definition) is 2. The van der Waals surface area contributed by atoms with Crippen LogP contribution in [0.5, 0.6) is 0 Å². The molecule has 0 saturated carbocycles. The van der Waals surface area contributed by atoms with Crippen molar-refractivity contribution in [1.29, 1.82) is 0 Å². The van der Waals surface area contributed by atoms with E-state index in [2.05, 4.69) is 5.32 Å². The van der Waals surface area contributed by atoms with E-state index < -0.39 is 11.6 Å². The van der Waals surface area contributed by atoms with E-state index in [9.17, 15) is 13.6 Å². The highest BCUT2D eigenvalue weighted by Crippen LogP contribution is 2.13. The van der Waals surface area contributed by atoms with Gasteiger partial charge in [-0.15, -0.1) is 0 Å². The maximum absolute atomic E-state index is 13.5. The molecule has 0 atom stereocenters. The van der Waals surface area contributed by atoms with Crippen molar-refractivity contribution in [2.75, 3.05) is 25.5 Å². The Morgan fingerprint density at radius 1 is 1.14 bits per heavy atom. The molecular weight excluding hydrogens is 286 g/mol. The molecule has 0 unspecified atom stereocenters.